The van der Waals surface area contributed by atoms with Crippen LogP contribution in [0.2, 0.25) is 0 Å². The van der Waals surface area contributed by atoms with E-state index in [0.29, 0.717) is 24.5 Å². The molecule has 0 fully saturated rings. The summed E-state index contributed by atoms with van der Waals surface area (Å²) in [4.78, 5) is 2.28. The number of rotatable bonds is 5. The zero-order valence-corrected chi connectivity index (χ0v) is 9.04. The Labute approximate surface area is 76.6 Å². The second-order valence-corrected chi connectivity index (χ2v) is 4.22. The molecule has 2 heteroatoms. The molecule has 0 bridgehead atoms. The van der Waals surface area contributed by atoms with Crippen molar-refractivity contribution in [2.24, 2.45) is 11.8 Å². The van der Waals surface area contributed by atoms with Crippen molar-refractivity contribution in [3.05, 3.63) is 0 Å². The van der Waals surface area contributed by atoms with Gasteiger partial charge < -0.3 is 10.0 Å². The molecule has 0 aliphatic heterocycles. The van der Waals surface area contributed by atoms with Gasteiger partial charge in [-0.2, -0.15) is 0 Å². The summed E-state index contributed by atoms with van der Waals surface area (Å²) in [7, 11) is 2.11. The van der Waals surface area contributed by atoms with Gasteiger partial charge in [0.25, 0.3) is 0 Å². The fourth-order valence-electron chi connectivity index (χ4n) is 1.06. The predicted octanol–water partition coefficient (Wildman–Crippen LogP) is 1.59. The van der Waals surface area contributed by atoms with Gasteiger partial charge in [-0.15, -0.1) is 0 Å². The maximum atomic E-state index is 9.10. The van der Waals surface area contributed by atoms with Crippen molar-refractivity contribution < 1.29 is 5.11 Å². The highest BCUT2D eigenvalue weighted by molar-refractivity contribution is 4.67. The molecule has 0 aliphatic rings. The van der Waals surface area contributed by atoms with Crippen molar-refractivity contribution in [2.75, 3.05) is 20.2 Å². The van der Waals surface area contributed by atoms with Crippen LogP contribution in [-0.4, -0.2) is 36.2 Å². The van der Waals surface area contributed by atoms with Crippen molar-refractivity contribution >= 4 is 0 Å². The van der Waals surface area contributed by atoms with Crippen molar-refractivity contribution in [1.82, 2.24) is 4.90 Å². The number of aliphatic hydroxyl groups excluding tert-OH is 1. The van der Waals surface area contributed by atoms with Gasteiger partial charge in [0.2, 0.25) is 0 Å². The van der Waals surface area contributed by atoms with Gasteiger partial charge in [0.15, 0.2) is 0 Å². The Hall–Kier alpha value is -0.0800. The molecule has 0 aromatic rings. The van der Waals surface area contributed by atoms with E-state index < -0.39 is 0 Å². The average Bonchev–Trinajstić information content (AvgIpc) is 1.98. The SMILES string of the molecule is CC(C)C(CO)CN(C)C(C)C. The van der Waals surface area contributed by atoms with Crippen molar-refractivity contribution in [3.8, 4) is 0 Å². The first-order valence-electron chi connectivity index (χ1n) is 4.80. The molecule has 0 aromatic heterocycles. The second kappa shape index (κ2) is 5.55. The highest BCUT2D eigenvalue weighted by Gasteiger charge is 2.15. The van der Waals surface area contributed by atoms with E-state index in [2.05, 4.69) is 39.6 Å². The monoisotopic (exact) mass is 173 g/mol. The first-order chi connectivity index (χ1) is 5.49. The van der Waals surface area contributed by atoms with E-state index >= 15 is 0 Å². The van der Waals surface area contributed by atoms with E-state index in [0.717, 1.165) is 6.54 Å². The lowest BCUT2D eigenvalue weighted by Crippen LogP contribution is -2.35. The number of hydrogen-bond acceptors (Lipinski definition) is 2. The third-order valence-corrected chi connectivity index (χ3v) is 2.58. The summed E-state index contributed by atoms with van der Waals surface area (Å²) in [5.74, 6) is 0.980. The predicted molar refractivity (Wildman–Crippen MR) is 53.2 cm³/mol. The maximum Gasteiger partial charge on any atom is 0.0473 e. The summed E-state index contributed by atoms with van der Waals surface area (Å²) in [5, 5.41) is 9.10. The van der Waals surface area contributed by atoms with Gasteiger partial charge in [-0.1, -0.05) is 13.8 Å². The van der Waals surface area contributed by atoms with Crippen molar-refractivity contribution in [3.63, 3.8) is 0 Å². The maximum absolute atomic E-state index is 9.10. The van der Waals surface area contributed by atoms with Crippen LogP contribution < -0.4 is 0 Å². The van der Waals surface area contributed by atoms with Crippen molar-refractivity contribution in [2.45, 2.75) is 33.7 Å². The summed E-state index contributed by atoms with van der Waals surface area (Å²) in [6.07, 6.45) is 0. The molecule has 0 saturated carbocycles. The minimum Gasteiger partial charge on any atom is -0.396 e. The van der Waals surface area contributed by atoms with Gasteiger partial charge in [-0.3, -0.25) is 0 Å². The lowest BCUT2D eigenvalue weighted by molar-refractivity contribution is 0.132. The Morgan fingerprint density at radius 3 is 1.92 bits per heavy atom. The van der Waals surface area contributed by atoms with Gasteiger partial charge in [0.1, 0.15) is 0 Å². The molecule has 1 atom stereocenters. The van der Waals surface area contributed by atoms with Crippen LogP contribution in [0.15, 0.2) is 0 Å². The molecule has 0 spiro atoms. The topological polar surface area (TPSA) is 23.5 Å². The lowest BCUT2D eigenvalue weighted by atomic mass is 9.96. The Bertz CT molecular complexity index is 112. The smallest absolute Gasteiger partial charge is 0.0473 e. The number of nitrogens with zero attached hydrogens (tertiary/aromatic N) is 1. The van der Waals surface area contributed by atoms with Crippen LogP contribution in [0.1, 0.15) is 27.7 Å². The standard InChI is InChI=1S/C10H23NO/c1-8(2)10(7-12)6-11(5)9(3)4/h8-10,12H,6-7H2,1-5H3. The van der Waals surface area contributed by atoms with Crippen molar-refractivity contribution in [1.29, 1.82) is 0 Å². The molecule has 1 N–H and O–H groups in total. The highest BCUT2D eigenvalue weighted by Crippen LogP contribution is 2.12. The number of hydrogen-bond donors (Lipinski definition) is 1. The molecule has 74 valence electrons. The van der Waals surface area contributed by atoms with Crippen LogP contribution in [-0.2, 0) is 0 Å². The molecule has 0 aliphatic carbocycles. The van der Waals surface area contributed by atoms with Crippen LogP contribution >= 0.6 is 0 Å². The molecule has 2 nitrogen and oxygen atoms in total. The van der Waals surface area contributed by atoms with Gasteiger partial charge in [0, 0.05) is 19.2 Å². The fourth-order valence-corrected chi connectivity index (χ4v) is 1.06. The molecule has 12 heavy (non-hydrogen) atoms. The second-order valence-electron chi connectivity index (χ2n) is 4.22. The third-order valence-electron chi connectivity index (χ3n) is 2.58. The molecule has 0 saturated heterocycles. The fraction of sp³-hybridized carbons (Fsp3) is 1.00. The Kier molecular flexibility index (Phi) is 5.51. The summed E-state index contributed by atoms with van der Waals surface area (Å²) in [6.45, 7) is 9.97. The van der Waals surface area contributed by atoms with Crippen LogP contribution in [0.25, 0.3) is 0 Å². The van der Waals surface area contributed by atoms with Crippen LogP contribution in [0.3, 0.4) is 0 Å². The molecule has 0 aromatic carbocycles. The van der Waals surface area contributed by atoms with Crippen LogP contribution in [0.5, 0.6) is 0 Å². The molecule has 1 unspecified atom stereocenters. The van der Waals surface area contributed by atoms with Crippen LogP contribution in [0.4, 0.5) is 0 Å². The largest absolute Gasteiger partial charge is 0.396 e. The zero-order valence-electron chi connectivity index (χ0n) is 9.04. The van der Waals surface area contributed by atoms with E-state index in [4.69, 9.17) is 5.11 Å². The van der Waals surface area contributed by atoms with Gasteiger partial charge in [-0.05, 0) is 32.7 Å². The summed E-state index contributed by atoms with van der Waals surface area (Å²) < 4.78 is 0. The molecule has 0 heterocycles. The van der Waals surface area contributed by atoms with E-state index in [1.807, 2.05) is 0 Å². The van der Waals surface area contributed by atoms with Gasteiger partial charge in [-0.25, -0.2) is 0 Å². The zero-order chi connectivity index (χ0) is 9.72. The van der Waals surface area contributed by atoms with E-state index in [1.165, 1.54) is 0 Å². The summed E-state index contributed by atoms with van der Waals surface area (Å²) >= 11 is 0. The lowest BCUT2D eigenvalue weighted by Gasteiger charge is -2.27. The number of aliphatic hydroxyl groups is 1. The first-order valence-corrected chi connectivity index (χ1v) is 4.80. The Balaban J connectivity index is 3.85. The van der Waals surface area contributed by atoms with E-state index in [1.54, 1.807) is 0 Å². The molecular formula is C10H23NO. The summed E-state index contributed by atoms with van der Waals surface area (Å²) in [6, 6.07) is 0.567. The highest BCUT2D eigenvalue weighted by atomic mass is 16.3. The van der Waals surface area contributed by atoms with E-state index in [-0.39, 0.29) is 0 Å². The summed E-state index contributed by atoms with van der Waals surface area (Å²) in [5.41, 5.74) is 0. The Morgan fingerprint density at radius 2 is 1.67 bits per heavy atom. The minimum absolute atomic E-state index is 0.300. The van der Waals surface area contributed by atoms with E-state index in [9.17, 15) is 0 Å². The first kappa shape index (κ1) is 11.9. The van der Waals surface area contributed by atoms with Gasteiger partial charge >= 0.3 is 0 Å². The molecular weight excluding hydrogens is 150 g/mol. The van der Waals surface area contributed by atoms with Gasteiger partial charge in [0.05, 0.1) is 0 Å². The third kappa shape index (κ3) is 4.07. The quantitative estimate of drug-likeness (QED) is 0.682. The Morgan fingerprint density at radius 1 is 1.17 bits per heavy atom. The van der Waals surface area contributed by atoms with Crippen LogP contribution in [0, 0.1) is 11.8 Å². The normalized spacial score (nSPS) is 14.8. The minimum atomic E-state index is 0.300. The molecule has 0 rings (SSSR count). The molecule has 0 amide bonds. The molecule has 0 radical (unpaired) electrons. The average molecular weight is 173 g/mol.